The van der Waals surface area contributed by atoms with Crippen molar-refractivity contribution in [3.8, 4) is 0 Å². The lowest BCUT2D eigenvalue weighted by Gasteiger charge is -2.29. The van der Waals surface area contributed by atoms with Gasteiger partial charge in [0.2, 0.25) is 0 Å². The smallest absolute Gasteiger partial charge is 0.156 e. The number of thioether (sulfide) groups is 1. The summed E-state index contributed by atoms with van der Waals surface area (Å²) in [7, 11) is 2.14. The molecule has 2 aliphatic heterocycles. The first kappa shape index (κ1) is 12.2. The fraction of sp³-hybridized carbons (Fsp3) is 0.909. The van der Waals surface area contributed by atoms with Crippen LogP contribution in [0.3, 0.4) is 0 Å². The van der Waals surface area contributed by atoms with E-state index in [1.54, 1.807) is 0 Å². The van der Waals surface area contributed by atoms with Crippen molar-refractivity contribution in [3.05, 3.63) is 0 Å². The molecule has 0 amide bonds. The van der Waals surface area contributed by atoms with Crippen molar-refractivity contribution in [1.82, 2.24) is 10.2 Å². The minimum Gasteiger partial charge on any atom is -0.374 e. The van der Waals surface area contributed by atoms with Gasteiger partial charge in [0.1, 0.15) is 0 Å². The number of likely N-dealkylation sites (N-methyl/N-ethyl adjacent to an activating group) is 1. The summed E-state index contributed by atoms with van der Waals surface area (Å²) in [5.74, 6) is 1.15. The van der Waals surface area contributed by atoms with Crippen LogP contribution in [0.5, 0.6) is 0 Å². The summed E-state index contributed by atoms with van der Waals surface area (Å²) in [5.41, 5.74) is 0. The van der Waals surface area contributed by atoms with E-state index in [0.717, 1.165) is 37.2 Å². The molecule has 0 aliphatic carbocycles. The molecule has 2 saturated heterocycles. The van der Waals surface area contributed by atoms with Crippen molar-refractivity contribution in [1.29, 1.82) is 0 Å². The molecule has 1 N–H and O–H groups in total. The van der Waals surface area contributed by atoms with Crippen LogP contribution in [0.15, 0.2) is 4.99 Å². The molecule has 0 aromatic carbocycles. The van der Waals surface area contributed by atoms with Crippen LogP contribution in [0.1, 0.15) is 13.3 Å². The number of hydrogen-bond acceptors (Lipinski definition) is 4. The average Bonchev–Trinajstić information content (AvgIpc) is 2.74. The highest BCUT2D eigenvalue weighted by Gasteiger charge is 2.20. The number of rotatable bonds is 3. The van der Waals surface area contributed by atoms with Crippen molar-refractivity contribution >= 4 is 16.9 Å². The summed E-state index contributed by atoms with van der Waals surface area (Å²) in [6.45, 7) is 5.87. The predicted octanol–water partition coefficient (Wildman–Crippen LogP) is 0.788. The van der Waals surface area contributed by atoms with Crippen molar-refractivity contribution < 1.29 is 4.74 Å². The Morgan fingerprint density at radius 1 is 1.62 bits per heavy atom. The Balaban J connectivity index is 1.76. The van der Waals surface area contributed by atoms with E-state index in [-0.39, 0.29) is 6.10 Å². The Hall–Kier alpha value is -0.260. The highest BCUT2D eigenvalue weighted by molar-refractivity contribution is 8.14. The first-order valence-electron chi connectivity index (χ1n) is 6.02. The van der Waals surface area contributed by atoms with Crippen LogP contribution in [0.2, 0.25) is 0 Å². The van der Waals surface area contributed by atoms with Gasteiger partial charge < -0.3 is 15.0 Å². The molecule has 2 aliphatic rings. The minimum atomic E-state index is 0.273. The van der Waals surface area contributed by atoms with Crippen molar-refractivity contribution in [2.75, 3.05) is 39.0 Å². The molecule has 0 bridgehead atoms. The molecule has 2 unspecified atom stereocenters. The third-order valence-electron chi connectivity index (χ3n) is 3.02. The summed E-state index contributed by atoms with van der Waals surface area (Å²) < 4.78 is 5.68. The van der Waals surface area contributed by atoms with Crippen LogP contribution < -0.4 is 5.32 Å². The number of ether oxygens (including phenoxy) is 1. The van der Waals surface area contributed by atoms with Crippen LogP contribution in [0, 0.1) is 0 Å². The molecule has 4 nitrogen and oxygen atoms in total. The maximum absolute atomic E-state index is 5.68. The molecule has 0 spiro atoms. The van der Waals surface area contributed by atoms with Crippen LogP contribution in [0.25, 0.3) is 0 Å². The zero-order valence-corrected chi connectivity index (χ0v) is 10.9. The maximum atomic E-state index is 5.68. The summed E-state index contributed by atoms with van der Waals surface area (Å²) in [6, 6.07) is 0.610. The van der Waals surface area contributed by atoms with Gasteiger partial charge in [-0.1, -0.05) is 18.7 Å². The van der Waals surface area contributed by atoms with Gasteiger partial charge in [0.15, 0.2) is 5.17 Å². The van der Waals surface area contributed by atoms with E-state index in [2.05, 4.69) is 29.2 Å². The second-order valence-electron chi connectivity index (χ2n) is 4.46. The molecule has 2 fully saturated rings. The lowest BCUT2D eigenvalue weighted by molar-refractivity contribution is -0.0135. The fourth-order valence-electron chi connectivity index (χ4n) is 1.91. The number of amidine groups is 1. The molecule has 92 valence electrons. The number of aliphatic imine (C=N–C) groups is 1. The first-order chi connectivity index (χ1) is 7.78. The minimum absolute atomic E-state index is 0.273. The molecule has 0 aromatic rings. The predicted molar refractivity (Wildman–Crippen MR) is 69.2 cm³/mol. The summed E-state index contributed by atoms with van der Waals surface area (Å²) in [5, 5.41) is 4.54. The highest BCUT2D eigenvalue weighted by Crippen LogP contribution is 2.16. The molecule has 0 aromatic heterocycles. The van der Waals surface area contributed by atoms with Crippen molar-refractivity contribution in [2.45, 2.75) is 25.5 Å². The monoisotopic (exact) mass is 243 g/mol. The van der Waals surface area contributed by atoms with Crippen molar-refractivity contribution in [3.63, 3.8) is 0 Å². The van der Waals surface area contributed by atoms with Crippen molar-refractivity contribution in [2.24, 2.45) is 4.99 Å². The fourth-order valence-corrected chi connectivity index (χ4v) is 3.00. The van der Waals surface area contributed by atoms with Gasteiger partial charge in [-0.25, -0.2) is 0 Å². The van der Waals surface area contributed by atoms with E-state index in [0.29, 0.717) is 6.04 Å². The number of nitrogens with zero attached hydrogens (tertiary/aromatic N) is 2. The standard InChI is InChI=1S/C11H21N3OS/c1-3-9-8-16-11(13-9)12-6-10-7-14(2)4-5-15-10/h9-10H,3-8H2,1-2H3,(H,12,13). The molecule has 2 rings (SSSR count). The van der Waals surface area contributed by atoms with Gasteiger partial charge >= 0.3 is 0 Å². The Bertz CT molecular complexity index is 260. The zero-order valence-electron chi connectivity index (χ0n) is 10.1. The first-order valence-corrected chi connectivity index (χ1v) is 7.00. The molecule has 0 saturated carbocycles. The Morgan fingerprint density at radius 2 is 2.50 bits per heavy atom. The lowest BCUT2D eigenvalue weighted by Crippen LogP contribution is -2.41. The summed E-state index contributed by atoms with van der Waals surface area (Å²) in [6.07, 6.45) is 1.45. The SMILES string of the molecule is CCC1CSC(=NCC2CN(C)CCO2)N1. The normalized spacial score (nSPS) is 34.2. The van der Waals surface area contributed by atoms with Crippen LogP contribution in [-0.2, 0) is 4.74 Å². The van der Waals surface area contributed by atoms with E-state index in [1.807, 2.05) is 11.8 Å². The number of nitrogens with one attached hydrogen (secondary N) is 1. The molecular weight excluding hydrogens is 222 g/mol. The largest absolute Gasteiger partial charge is 0.374 e. The molecule has 5 heteroatoms. The zero-order chi connectivity index (χ0) is 11.4. The van der Waals surface area contributed by atoms with E-state index in [1.165, 1.54) is 6.42 Å². The Kier molecular flexibility index (Phi) is 4.49. The van der Waals surface area contributed by atoms with E-state index >= 15 is 0 Å². The topological polar surface area (TPSA) is 36.9 Å². The van der Waals surface area contributed by atoms with E-state index in [4.69, 9.17) is 4.74 Å². The molecule has 16 heavy (non-hydrogen) atoms. The van der Waals surface area contributed by atoms with Crippen LogP contribution in [0.4, 0.5) is 0 Å². The Labute approximate surface area is 102 Å². The third-order valence-corrected chi connectivity index (χ3v) is 4.11. The molecule has 2 atom stereocenters. The highest BCUT2D eigenvalue weighted by atomic mass is 32.2. The number of hydrogen-bond donors (Lipinski definition) is 1. The van der Waals surface area contributed by atoms with Gasteiger partial charge in [0.25, 0.3) is 0 Å². The van der Waals surface area contributed by atoms with Gasteiger partial charge in [-0.3, -0.25) is 4.99 Å². The van der Waals surface area contributed by atoms with Crippen LogP contribution >= 0.6 is 11.8 Å². The van der Waals surface area contributed by atoms with Gasteiger partial charge in [-0.2, -0.15) is 0 Å². The lowest BCUT2D eigenvalue weighted by atomic mass is 10.3. The second kappa shape index (κ2) is 5.89. The third kappa shape index (κ3) is 3.37. The van der Waals surface area contributed by atoms with Gasteiger partial charge in [0.05, 0.1) is 19.3 Å². The van der Waals surface area contributed by atoms with Gasteiger partial charge in [-0.15, -0.1) is 0 Å². The second-order valence-corrected chi connectivity index (χ2v) is 5.47. The summed E-state index contributed by atoms with van der Waals surface area (Å²) in [4.78, 5) is 6.90. The van der Waals surface area contributed by atoms with Gasteiger partial charge in [-0.05, 0) is 13.5 Å². The van der Waals surface area contributed by atoms with Crippen LogP contribution in [-0.4, -0.2) is 61.3 Å². The van der Waals surface area contributed by atoms with E-state index in [9.17, 15) is 0 Å². The molecule has 2 heterocycles. The van der Waals surface area contributed by atoms with Gasteiger partial charge in [0, 0.05) is 24.9 Å². The molecular formula is C11H21N3OS. The maximum Gasteiger partial charge on any atom is 0.156 e. The summed E-state index contributed by atoms with van der Waals surface area (Å²) >= 11 is 1.83. The quantitative estimate of drug-likeness (QED) is 0.795. The van der Waals surface area contributed by atoms with E-state index < -0.39 is 0 Å². The Morgan fingerprint density at radius 3 is 3.19 bits per heavy atom. The average molecular weight is 243 g/mol. The molecule has 0 radical (unpaired) electrons. The number of morpholine rings is 1.